The van der Waals surface area contributed by atoms with Crippen LogP contribution in [0.1, 0.15) is 74.4 Å². The van der Waals surface area contributed by atoms with Crippen molar-refractivity contribution in [3.05, 3.63) is 87.0 Å². The van der Waals surface area contributed by atoms with Crippen LogP contribution in [0.25, 0.3) is 0 Å². The van der Waals surface area contributed by atoms with Gasteiger partial charge in [0.2, 0.25) is 11.8 Å². The summed E-state index contributed by atoms with van der Waals surface area (Å²) in [6.45, 7) is 2.78. The number of rotatable bonds is 31. The van der Waals surface area contributed by atoms with Crippen LogP contribution in [0.15, 0.2) is 53.5 Å². The first-order chi connectivity index (χ1) is 36.0. The number of hydrogen-bond donors (Lipinski definition) is 8. The summed E-state index contributed by atoms with van der Waals surface area (Å²) in [5.41, 5.74) is 12.5. The Hall–Kier alpha value is -3.83. The molecule has 2 heterocycles. The highest BCUT2D eigenvalue weighted by Gasteiger charge is 2.45. The van der Waals surface area contributed by atoms with Crippen molar-refractivity contribution in [2.24, 2.45) is 5.73 Å². The van der Waals surface area contributed by atoms with Crippen molar-refractivity contribution >= 4 is 102 Å². The second kappa shape index (κ2) is 31.7. The van der Waals surface area contributed by atoms with Crippen molar-refractivity contribution in [2.45, 2.75) is 49.2 Å². The van der Waals surface area contributed by atoms with Crippen molar-refractivity contribution in [1.29, 1.82) is 0 Å². The molecule has 76 heavy (non-hydrogen) atoms. The molecule has 0 saturated carbocycles. The summed E-state index contributed by atoms with van der Waals surface area (Å²) in [7, 11) is -11.3. The fraction of sp³-hybridized carbons (Fsp3) is 0.476. The highest BCUT2D eigenvalue weighted by atomic mass is 33.1. The molecule has 0 radical (unpaired) electrons. The smallest absolute Gasteiger partial charge is 0.460 e. The molecule has 0 spiro atoms. The van der Waals surface area contributed by atoms with E-state index in [-0.39, 0.29) is 72.4 Å². The van der Waals surface area contributed by atoms with Gasteiger partial charge in [0.15, 0.2) is 0 Å². The number of phosphoric acid groups is 3. The van der Waals surface area contributed by atoms with E-state index in [2.05, 4.69) is 36.1 Å². The summed E-state index contributed by atoms with van der Waals surface area (Å²) in [5, 5.41) is 4.91. The number of ether oxygens (including phenoxy) is 6. The predicted octanol–water partition coefficient (Wildman–Crippen LogP) is 4.10. The average Bonchev–Trinajstić information content (AvgIpc) is 3.74. The highest BCUT2D eigenvalue weighted by Crippen LogP contribution is 2.66. The molecule has 0 aliphatic carbocycles. The molecule has 5 unspecified atom stereocenters. The maximum absolute atomic E-state index is 13.7. The van der Waals surface area contributed by atoms with Crippen LogP contribution in [-0.4, -0.2) is 144 Å². The average molecular weight is 1200 g/mol. The molecule has 1 aliphatic rings. The number of carbonyl (C=O) groups excluding carboxylic acids is 4. The molecule has 2 aromatic carbocycles. The number of nitrogens with one attached hydrogen (secondary N) is 2. The number of benzene rings is 2. The van der Waals surface area contributed by atoms with Gasteiger partial charge < -0.3 is 70.1 Å². The fourth-order valence-electron chi connectivity index (χ4n) is 6.63. The van der Waals surface area contributed by atoms with Gasteiger partial charge in [0.05, 0.1) is 56.3 Å². The molecule has 27 nitrogen and oxygen atoms in total. The molecule has 4 rings (SSSR count). The molecular weight excluding hydrogens is 1150 g/mol. The number of phosphoric ester groups is 1. The number of amides is 2. The highest BCUT2D eigenvalue weighted by molar-refractivity contribution is 8.76. The number of carbonyl (C=O) groups is 4. The number of hydrogen-bond acceptors (Lipinski definition) is 24. The van der Waals surface area contributed by atoms with Gasteiger partial charge in [-0.25, -0.2) is 28.1 Å². The van der Waals surface area contributed by atoms with Gasteiger partial charge in [-0.15, -0.1) is 0 Å². The molecule has 0 bridgehead atoms. The number of nitrogen functional groups attached to an aromatic ring is 1. The molecule has 1 saturated heterocycles. The van der Waals surface area contributed by atoms with Crippen LogP contribution < -0.4 is 27.8 Å². The number of nitrogens with two attached hydrogens (primary N) is 2. The van der Waals surface area contributed by atoms with Gasteiger partial charge in [-0.2, -0.15) is 13.6 Å². The number of anilines is 2. The van der Waals surface area contributed by atoms with Crippen LogP contribution in [0.2, 0.25) is 0 Å². The minimum absolute atomic E-state index is 0.0233. The lowest BCUT2D eigenvalue weighted by Crippen LogP contribution is -2.31. The van der Waals surface area contributed by atoms with E-state index >= 15 is 0 Å². The summed E-state index contributed by atoms with van der Waals surface area (Å²) in [4.78, 5) is 106. The Morgan fingerprint density at radius 3 is 2.18 bits per heavy atom. The van der Waals surface area contributed by atoms with Gasteiger partial charge in [-0.1, -0.05) is 73.2 Å². The van der Waals surface area contributed by atoms with Crippen molar-refractivity contribution in [1.82, 2.24) is 14.9 Å². The van der Waals surface area contributed by atoms with Gasteiger partial charge in [-0.3, -0.25) is 18.7 Å². The zero-order valence-corrected chi connectivity index (χ0v) is 47.0. The topological polar surface area (TPSA) is 394 Å². The minimum atomic E-state index is -5.89. The number of esters is 2. The van der Waals surface area contributed by atoms with Crippen LogP contribution in [-0.2, 0) is 64.9 Å². The Balaban J connectivity index is 1.36. The van der Waals surface area contributed by atoms with Crippen molar-refractivity contribution in [3.63, 3.8) is 0 Å². The van der Waals surface area contributed by atoms with E-state index in [0.29, 0.717) is 36.6 Å². The predicted molar refractivity (Wildman–Crippen MR) is 283 cm³/mol. The standard InChI is InChI=1S/C42H57N6O21P3S4/c1-26(75-73-3)30-9-5-6-10-31(30)41(52)67-34-21-38(66-35(34)23-65-71(57,58)69-72(59,60)68-70(54,55)56)48-22-28(39(44)47-42(48)53)8-7-14-45-36(49)24-63-18-19-64-40(51)32-12-11-29(20-33(32)27(2)76-74-4)46-37(50)25-62-17-16-61-15-13-43/h5-6,9-12,20,22,26-27,34-35,38H,13-19,21,23-25,43H2,1-4H3,(H,45,49)(H,46,50)(H,57,58)(H,59,60)(H2,44,47,53)(H2,54,55,56)/t26?,27?,34-,35?,38-/m1/s1. The fourth-order valence-corrected chi connectivity index (χ4v) is 13.2. The van der Waals surface area contributed by atoms with E-state index in [4.69, 9.17) is 54.2 Å². The van der Waals surface area contributed by atoms with Crippen molar-refractivity contribution in [2.75, 3.05) is 89.5 Å². The van der Waals surface area contributed by atoms with Crippen LogP contribution in [0, 0.1) is 11.8 Å². The molecule has 10 N–H and O–H groups in total. The normalized spacial score (nSPS) is 17.8. The summed E-state index contributed by atoms with van der Waals surface area (Å²) >= 11 is 0. The first-order valence-electron chi connectivity index (χ1n) is 22.3. The summed E-state index contributed by atoms with van der Waals surface area (Å²) in [5.74, 6) is 2.54. The summed E-state index contributed by atoms with van der Waals surface area (Å²) in [6.07, 6.45) is 0.363. The van der Waals surface area contributed by atoms with E-state index in [9.17, 15) is 47.5 Å². The van der Waals surface area contributed by atoms with Crippen LogP contribution >= 0.6 is 66.6 Å². The SMILES string of the molecule is CSSC(C)c1cc(NC(=O)COCCOCCN)ccc1C(=O)OCCOCC(=O)NCC#Cc1cn([C@H]2C[C@@H](OC(=O)c3ccccc3C(C)SSC)C(COP(=O)(O)OP(=O)(O)OP(=O)(O)O)O2)c(=O)nc1N. The second-order valence-corrected chi connectivity index (χ2v) is 25.4. The van der Waals surface area contributed by atoms with Crippen LogP contribution in [0.5, 0.6) is 0 Å². The lowest BCUT2D eigenvalue weighted by atomic mass is 10.0. The van der Waals surface area contributed by atoms with E-state index in [1.165, 1.54) is 55.3 Å². The Kier molecular flexibility index (Phi) is 27.0. The van der Waals surface area contributed by atoms with E-state index in [0.717, 1.165) is 10.8 Å². The first kappa shape index (κ1) is 64.7. The van der Waals surface area contributed by atoms with Crippen molar-refractivity contribution < 1.29 is 94.0 Å². The zero-order valence-electron chi connectivity index (χ0n) is 41.0. The maximum atomic E-state index is 13.7. The molecule has 2 amide bonds. The van der Waals surface area contributed by atoms with Gasteiger partial charge in [-0.05, 0) is 61.8 Å². The lowest BCUT2D eigenvalue weighted by molar-refractivity contribution is -0.125. The van der Waals surface area contributed by atoms with E-state index < -0.39 is 84.6 Å². The van der Waals surface area contributed by atoms with E-state index in [1.54, 1.807) is 30.3 Å². The Morgan fingerprint density at radius 2 is 1.50 bits per heavy atom. The Bertz CT molecular complexity index is 2750. The molecule has 1 aliphatic heterocycles. The van der Waals surface area contributed by atoms with Gasteiger partial charge >= 0.3 is 41.1 Å². The molecular formula is C42H57N6O21P3S4. The minimum Gasteiger partial charge on any atom is -0.460 e. The number of nitrogens with zero attached hydrogens (tertiary/aromatic N) is 2. The molecule has 420 valence electrons. The summed E-state index contributed by atoms with van der Waals surface area (Å²) < 4.78 is 82.0. The molecule has 3 aromatic rings. The summed E-state index contributed by atoms with van der Waals surface area (Å²) in [6, 6.07) is 11.3. The Labute approximate surface area is 451 Å². The first-order valence-corrected chi connectivity index (χ1v) is 32.0. The largest absolute Gasteiger partial charge is 0.490 e. The zero-order chi connectivity index (χ0) is 56.1. The van der Waals surface area contributed by atoms with Crippen LogP contribution in [0.3, 0.4) is 0 Å². The van der Waals surface area contributed by atoms with Crippen LogP contribution in [0.4, 0.5) is 11.5 Å². The molecule has 1 fully saturated rings. The van der Waals surface area contributed by atoms with Gasteiger partial charge in [0.1, 0.15) is 44.1 Å². The second-order valence-electron chi connectivity index (χ2n) is 15.4. The van der Waals surface area contributed by atoms with Gasteiger partial charge in [0.25, 0.3) is 0 Å². The molecule has 7 atom stereocenters. The monoisotopic (exact) mass is 1200 g/mol. The molecule has 1 aromatic heterocycles. The van der Waals surface area contributed by atoms with E-state index in [1.807, 2.05) is 26.4 Å². The Morgan fingerprint density at radius 1 is 0.855 bits per heavy atom. The maximum Gasteiger partial charge on any atom is 0.490 e. The lowest BCUT2D eigenvalue weighted by Gasteiger charge is -2.22. The van der Waals surface area contributed by atoms with Crippen molar-refractivity contribution in [3.8, 4) is 11.8 Å². The third-order valence-electron chi connectivity index (χ3n) is 9.80. The molecule has 34 heteroatoms. The van der Waals surface area contributed by atoms with Gasteiger partial charge in [0, 0.05) is 35.3 Å². The quantitative estimate of drug-likeness (QED) is 0.0148. The third-order valence-corrected chi connectivity index (χ3v) is 18.0. The number of aromatic nitrogens is 2. The third kappa shape index (κ3) is 22.1.